The second-order valence-electron chi connectivity index (χ2n) is 7.49. The molecule has 14 heteroatoms. The zero-order valence-electron chi connectivity index (χ0n) is 18.0. The monoisotopic (exact) mass is 510 g/mol. The van der Waals surface area contributed by atoms with Crippen LogP contribution in [0.4, 0.5) is 19.0 Å². The van der Waals surface area contributed by atoms with Gasteiger partial charge in [-0.1, -0.05) is 11.2 Å². The standard InChI is InChI=1S/C21H17F3N4O6S/c1-31-14-4-2-5-15(33-21(22,23)24)19(14)35(29,30)27-20-17-16(34-26-20)10-12(11-28-8-3-7-25-28)13-6-9-32-18(13)17/h2-5,7-8,10H,6,9,11H2,1H3,(H,26,27). The molecule has 35 heavy (non-hydrogen) atoms. The number of fused-ring (bicyclic) bond motifs is 3. The number of alkyl halides is 3. The maximum atomic E-state index is 13.2. The maximum Gasteiger partial charge on any atom is 0.573 e. The summed E-state index contributed by atoms with van der Waals surface area (Å²) in [6.07, 6.45) is -1.13. The second kappa shape index (κ2) is 8.37. The number of benzene rings is 2. The van der Waals surface area contributed by atoms with E-state index in [9.17, 15) is 21.6 Å². The third-order valence-electron chi connectivity index (χ3n) is 5.29. The molecule has 0 amide bonds. The minimum Gasteiger partial charge on any atom is -0.495 e. The highest BCUT2D eigenvalue weighted by molar-refractivity contribution is 7.93. The Hall–Kier alpha value is -3.94. The number of aromatic nitrogens is 3. The molecule has 0 saturated heterocycles. The Labute approximate surface area is 196 Å². The number of halogens is 3. The summed E-state index contributed by atoms with van der Waals surface area (Å²) >= 11 is 0. The Morgan fingerprint density at radius 3 is 2.74 bits per heavy atom. The highest BCUT2D eigenvalue weighted by atomic mass is 32.2. The number of nitrogens with one attached hydrogen (secondary N) is 1. The first-order valence-corrected chi connectivity index (χ1v) is 11.6. The van der Waals surface area contributed by atoms with Crippen molar-refractivity contribution in [2.45, 2.75) is 24.2 Å². The van der Waals surface area contributed by atoms with Crippen molar-refractivity contribution in [3.63, 3.8) is 0 Å². The van der Waals surface area contributed by atoms with Gasteiger partial charge in [-0.05, 0) is 29.8 Å². The molecule has 1 N–H and O–H groups in total. The molecule has 3 heterocycles. The molecular weight excluding hydrogens is 493 g/mol. The molecule has 0 unspecified atom stereocenters. The van der Waals surface area contributed by atoms with E-state index in [1.54, 1.807) is 29.2 Å². The number of methoxy groups -OCH3 is 1. The minimum absolute atomic E-state index is 0.234. The van der Waals surface area contributed by atoms with Crippen molar-refractivity contribution in [1.82, 2.24) is 14.9 Å². The van der Waals surface area contributed by atoms with Crippen LogP contribution in [-0.4, -0.2) is 43.4 Å². The third kappa shape index (κ3) is 4.32. The minimum atomic E-state index is -5.13. The molecule has 2 aromatic heterocycles. The van der Waals surface area contributed by atoms with Gasteiger partial charge in [-0.25, -0.2) is 8.42 Å². The molecule has 1 aliphatic heterocycles. The van der Waals surface area contributed by atoms with Gasteiger partial charge in [0, 0.05) is 24.4 Å². The van der Waals surface area contributed by atoms with E-state index in [4.69, 9.17) is 14.0 Å². The largest absolute Gasteiger partial charge is 0.573 e. The van der Waals surface area contributed by atoms with Crippen LogP contribution in [0.25, 0.3) is 11.0 Å². The zero-order valence-corrected chi connectivity index (χ0v) is 18.8. The fourth-order valence-corrected chi connectivity index (χ4v) is 5.22. The van der Waals surface area contributed by atoms with Crippen LogP contribution in [0.3, 0.4) is 0 Å². The third-order valence-corrected chi connectivity index (χ3v) is 6.69. The quantitative estimate of drug-likeness (QED) is 0.400. The molecule has 0 aliphatic carbocycles. The molecule has 184 valence electrons. The highest BCUT2D eigenvalue weighted by Crippen LogP contribution is 2.43. The van der Waals surface area contributed by atoms with E-state index in [2.05, 4.69) is 19.7 Å². The van der Waals surface area contributed by atoms with Crippen molar-refractivity contribution in [3.05, 3.63) is 53.9 Å². The number of sulfonamides is 1. The van der Waals surface area contributed by atoms with E-state index in [0.717, 1.165) is 24.3 Å². The summed E-state index contributed by atoms with van der Waals surface area (Å²) in [5, 5.41) is 8.25. The molecule has 0 spiro atoms. The van der Waals surface area contributed by atoms with Gasteiger partial charge in [0.1, 0.15) is 16.9 Å². The van der Waals surface area contributed by atoms with E-state index in [-0.39, 0.29) is 22.5 Å². The lowest BCUT2D eigenvalue weighted by atomic mass is 10.0. The first-order chi connectivity index (χ1) is 16.7. The Bertz CT molecular complexity index is 1500. The van der Waals surface area contributed by atoms with Crippen LogP contribution in [0.5, 0.6) is 17.2 Å². The van der Waals surface area contributed by atoms with Crippen molar-refractivity contribution in [2.24, 2.45) is 0 Å². The van der Waals surface area contributed by atoms with Gasteiger partial charge in [-0.3, -0.25) is 9.40 Å². The van der Waals surface area contributed by atoms with E-state index >= 15 is 0 Å². The van der Waals surface area contributed by atoms with Crippen LogP contribution in [0, 0.1) is 0 Å². The molecule has 4 aromatic rings. The van der Waals surface area contributed by atoms with Gasteiger partial charge in [0.2, 0.25) is 0 Å². The fraction of sp³-hybridized carbons (Fsp3) is 0.238. The second-order valence-corrected chi connectivity index (χ2v) is 9.11. The Kier molecular flexibility index (Phi) is 5.46. The smallest absolute Gasteiger partial charge is 0.495 e. The van der Waals surface area contributed by atoms with Crippen molar-refractivity contribution in [1.29, 1.82) is 0 Å². The van der Waals surface area contributed by atoms with Crippen LogP contribution >= 0.6 is 0 Å². The van der Waals surface area contributed by atoms with Crippen LogP contribution in [0.2, 0.25) is 0 Å². The van der Waals surface area contributed by atoms with Gasteiger partial charge in [-0.15, -0.1) is 13.2 Å². The average Bonchev–Trinajstić information content (AvgIpc) is 3.53. The summed E-state index contributed by atoms with van der Waals surface area (Å²) in [5.74, 6) is -1.17. The lowest BCUT2D eigenvalue weighted by Gasteiger charge is -2.16. The fourth-order valence-electron chi connectivity index (χ4n) is 3.94. The van der Waals surface area contributed by atoms with E-state index in [1.165, 1.54) is 12.1 Å². The molecule has 0 bridgehead atoms. The topological polar surface area (TPSA) is 118 Å². The van der Waals surface area contributed by atoms with Gasteiger partial charge >= 0.3 is 6.36 Å². The normalized spacial score (nSPS) is 13.5. The summed E-state index contributed by atoms with van der Waals surface area (Å²) in [6.45, 7) is 0.781. The lowest BCUT2D eigenvalue weighted by molar-refractivity contribution is -0.275. The molecular formula is C21H17F3N4O6S. The van der Waals surface area contributed by atoms with E-state index in [0.29, 0.717) is 25.3 Å². The molecule has 0 fully saturated rings. The predicted octanol–water partition coefficient (Wildman–Crippen LogP) is 3.72. The van der Waals surface area contributed by atoms with Crippen LogP contribution < -0.4 is 18.9 Å². The van der Waals surface area contributed by atoms with Crippen molar-refractivity contribution >= 4 is 26.8 Å². The van der Waals surface area contributed by atoms with Crippen LogP contribution in [0.1, 0.15) is 11.1 Å². The van der Waals surface area contributed by atoms with Crippen LogP contribution in [0.15, 0.2) is 52.1 Å². The van der Waals surface area contributed by atoms with E-state index in [1.807, 2.05) is 0 Å². The molecule has 2 aromatic carbocycles. The van der Waals surface area contributed by atoms with Gasteiger partial charge in [0.25, 0.3) is 10.0 Å². The number of rotatable bonds is 7. The lowest BCUT2D eigenvalue weighted by Crippen LogP contribution is -2.21. The van der Waals surface area contributed by atoms with E-state index < -0.39 is 27.0 Å². The molecule has 0 radical (unpaired) electrons. The predicted molar refractivity (Wildman–Crippen MR) is 115 cm³/mol. The Morgan fingerprint density at radius 2 is 2.03 bits per heavy atom. The molecule has 5 rings (SSSR count). The van der Waals surface area contributed by atoms with Crippen LogP contribution in [-0.2, 0) is 23.0 Å². The molecule has 0 atom stereocenters. The number of nitrogens with zero attached hydrogens (tertiary/aromatic N) is 3. The number of ether oxygens (including phenoxy) is 3. The van der Waals surface area contributed by atoms with Crippen molar-refractivity contribution < 1.29 is 40.3 Å². The first kappa shape index (κ1) is 22.8. The maximum absolute atomic E-state index is 13.2. The summed E-state index contributed by atoms with van der Waals surface area (Å²) in [4.78, 5) is -0.844. The molecule has 1 aliphatic rings. The first-order valence-electron chi connectivity index (χ1n) is 10.2. The summed E-state index contributed by atoms with van der Waals surface area (Å²) in [5.41, 5.74) is 1.91. The number of hydrogen-bond donors (Lipinski definition) is 1. The number of anilines is 1. The highest BCUT2D eigenvalue weighted by Gasteiger charge is 2.36. The van der Waals surface area contributed by atoms with Gasteiger partial charge in [0.05, 0.1) is 20.3 Å². The Morgan fingerprint density at radius 1 is 1.23 bits per heavy atom. The average molecular weight is 510 g/mol. The van der Waals surface area contributed by atoms with Crippen molar-refractivity contribution in [3.8, 4) is 17.2 Å². The van der Waals surface area contributed by atoms with Gasteiger partial charge in [0.15, 0.2) is 22.0 Å². The van der Waals surface area contributed by atoms with Gasteiger partial charge < -0.3 is 18.7 Å². The molecule has 10 nitrogen and oxygen atoms in total. The summed E-state index contributed by atoms with van der Waals surface area (Å²) < 4.78 is 89.2. The van der Waals surface area contributed by atoms with Crippen molar-refractivity contribution in [2.75, 3.05) is 18.4 Å². The summed E-state index contributed by atoms with van der Waals surface area (Å²) in [7, 11) is -3.56. The SMILES string of the molecule is COc1cccc(OC(F)(F)F)c1S(=O)(=O)Nc1noc2cc(Cn3cccn3)c3c(c12)OCC3. The van der Waals surface area contributed by atoms with Gasteiger partial charge in [-0.2, -0.15) is 5.10 Å². The summed E-state index contributed by atoms with van der Waals surface area (Å²) in [6, 6.07) is 6.73. The molecule has 0 saturated carbocycles. The number of hydrogen-bond acceptors (Lipinski definition) is 8. The zero-order chi connectivity index (χ0) is 24.8. The Balaban J connectivity index is 1.58.